The van der Waals surface area contributed by atoms with Crippen molar-refractivity contribution in [1.82, 2.24) is 4.98 Å². The molecule has 0 aliphatic heterocycles. The second kappa shape index (κ2) is 4.42. The molecule has 0 atom stereocenters. The third kappa shape index (κ3) is 3.69. The van der Waals surface area contributed by atoms with Gasteiger partial charge in [-0.25, -0.2) is 8.78 Å². The van der Waals surface area contributed by atoms with Crippen LogP contribution >= 0.6 is 0 Å². The standard InChI is InChI=1S/C8H6BF5N/c10-8(11)7-2-4-15-5-6(7)1-3-9(12,13)14/h1-5,8H/q-1/b3-1+. The van der Waals surface area contributed by atoms with Gasteiger partial charge in [-0.2, -0.15) is 0 Å². The molecule has 7 heteroatoms. The van der Waals surface area contributed by atoms with Gasteiger partial charge in [0.25, 0.3) is 6.43 Å². The summed E-state index contributed by atoms with van der Waals surface area (Å²) in [6.45, 7) is -5.12. The van der Waals surface area contributed by atoms with Crippen molar-refractivity contribution < 1.29 is 21.7 Å². The van der Waals surface area contributed by atoms with Crippen LogP contribution in [0, 0.1) is 0 Å². The first-order valence-corrected chi connectivity index (χ1v) is 4.01. The molecule has 0 aliphatic carbocycles. The van der Waals surface area contributed by atoms with E-state index >= 15 is 0 Å². The SMILES string of the molecule is FC(F)c1ccncc1/C=C/[B-](F)(F)F. The molecule has 15 heavy (non-hydrogen) atoms. The van der Waals surface area contributed by atoms with Gasteiger partial charge in [-0.15, -0.1) is 5.98 Å². The van der Waals surface area contributed by atoms with Crippen LogP contribution in [0.1, 0.15) is 17.6 Å². The van der Waals surface area contributed by atoms with Gasteiger partial charge in [-0.3, -0.25) is 4.98 Å². The minimum absolute atomic E-state index is 0.0388. The number of hydrogen-bond acceptors (Lipinski definition) is 1. The number of aromatic nitrogens is 1. The molecule has 0 saturated carbocycles. The molecule has 0 bridgehead atoms. The van der Waals surface area contributed by atoms with Gasteiger partial charge in [-0.1, -0.05) is 6.08 Å². The van der Waals surface area contributed by atoms with E-state index in [2.05, 4.69) is 4.98 Å². The van der Waals surface area contributed by atoms with E-state index in [4.69, 9.17) is 0 Å². The number of halogens is 5. The van der Waals surface area contributed by atoms with Gasteiger partial charge in [-0.05, 0) is 11.6 Å². The molecule has 0 spiro atoms. The lowest BCUT2D eigenvalue weighted by Crippen LogP contribution is -2.09. The van der Waals surface area contributed by atoms with Gasteiger partial charge in [0.2, 0.25) is 0 Å². The predicted molar refractivity (Wildman–Crippen MR) is 47.3 cm³/mol. The fourth-order valence-corrected chi connectivity index (χ4v) is 0.968. The lowest BCUT2D eigenvalue weighted by atomic mass is 9.90. The molecule has 82 valence electrons. The molecule has 0 aliphatic rings. The van der Waals surface area contributed by atoms with Crippen LogP contribution in [0.25, 0.3) is 6.08 Å². The number of hydrogen-bond donors (Lipinski definition) is 0. The van der Waals surface area contributed by atoms with Crippen molar-refractivity contribution >= 4 is 13.1 Å². The van der Waals surface area contributed by atoms with Gasteiger partial charge in [0.05, 0.1) is 0 Å². The first-order valence-electron chi connectivity index (χ1n) is 4.01. The Morgan fingerprint density at radius 1 is 1.27 bits per heavy atom. The van der Waals surface area contributed by atoms with Crippen molar-refractivity contribution in [2.75, 3.05) is 0 Å². The van der Waals surface area contributed by atoms with E-state index in [9.17, 15) is 21.7 Å². The van der Waals surface area contributed by atoms with Crippen molar-refractivity contribution in [2.24, 2.45) is 0 Å². The molecule has 0 saturated heterocycles. The van der Waals surface area contributed by atoms with Gasteiger partial charge >= 0.3 is 6.98 Å². The zero-order chi connectivity index (χ0) is 11.5. The molecule has 1 nitrogen and oxygen atoms in total. The zero-order valence-electron chi connectivity index (χ0n) is 7.38. The number of pyridine rings is 1. The van der Waals surface area contributed by atoms with Crippen molar-refractivity contribution in [3.05, 3.63) is 35.6 Å². The summed E-state index contributed by atoms with van der Waals surface area (Å²) in [5.41, 5.74) is -0.673. The average Bonchev–Trinajstić information content (AvgIpc) is 2.14. The van der Waals surface area contributed by atoms with Crippen LogP contribution in [0.3, 0.4) is 0 Å². The molecule has 0 unspecified atom stereocenters. The van der Waals surface area contributed by atoms with Crippen molar-refractivity contribution in [3.8, 4) is 0 Å². The molecule has 0 N–H and O–H groups in total. The summed E-state index contributed by atoms with van der Waals surface area (Å²) in [5, 5.41) is 0. The fourth-order valence-electron chi connectivity index (χ4n) is 0.968. The molecule has 1 heterocycles. The molecule has 0 amide bonds. The normalized spacial score (nSPS) is 12.7. The van der Waals surface area contributed by atoms with Gasteiger partial charge in [0, 0.05) is 18.0 Å². The minimum Gasteiger partial charge on any atom is -0.445 e. The maximum Gasteiger partial charge on any atom is 0.502 e. The lowest BCUT2D eigenvalue weighted by molar-refractivity contribution is 0.151. The molecule has 1 rings (SSSR count). The second-order valence-corrected chi connectivity index (χ2v) is 2.79. The fraction of sp³-hybridized carbons (Fsp3) is 0.125. The van der Waals surface area contributed by atoms with Crippen LogP contribution < -0.4 is 0 Å². The van der Waals surface area contributed by atoms with E-state index in [-0.39, 0.29) is 11.5 Å². The maximum atomic E-state index is 12.3. The summed E-state index contributed by atoms with van der Waals surface area (Å²) >= 11 is 0. The van der Waals surface area contributed by atoms with E-state index in [0.29, 0.717) is 6.08 Å². The van der Waals surface area contributed by atoms with Crippen LogP contribution in [-0.4, -0.2) is 12.0 Å². The van der Waals surface area contributed by atoms with Crippen molar-refractivity contribution in [2.45, 2.75) is 6.43 Å². The summed E-state index contributed by atoms with van der Waals surface area (Å²) in [7, 11) is 0. The Morgan fingerprint density at radius 3 is 2.47 bits per heavy atom. The van der Waals surface area contributed by atoms with Gasteiger partial charge < -0.3 is 12.9 Å². The van der Waals surface area contributed by atoms with Crippen LogP contribution in [-0.2, 0) is 0 Å². The Bertz CT molecular complexity index is 360. The van der Waals surface area contributed by atoms with E-state index in [1.807, 2.05) is 0 Å². The maximum absolute atomic E-state index is 12.3. The van der Waals surface area contributed by atoms with E-state index in [1.54, 1.807) is 0 Å². The Labute approximate surface area is 82.7 Å². The van der Waals surface area contributed by atoms with Crippen LogP contribution in [0.2, 0.25) is 0 Å². The van der Waals surface area contributed by atoms with E-state index in [0.717, 1.165) is 18.5 Å². The topological polar surface area (TPSA) is 12.9 Å². The Hall–Kier alpha value is -1.40. The smallest absolute Gasteiger partial charge is 0.445 e. The van der Waals surface area contributed by atoms with Crippen molar-refractivity contribution in [1.29, 1.82) is 0 Å². The molecule has 0 aromatic carbocycles. The van der Waals surface area contributed by atoms with E-state index < -0.39 is 19.0 Å². The van der Waals surface area contributed by atoms with E-state index in [1.165, 1.54) is 0 Å². The first-order chi connectivity index (χ1) is 6.90. The molecular formula is C8H6BF5N-. The third-order valence-electron chi connectivity index (χ3n) is 1.62. The average molecular weight is 222 g/mol. The molecular weight excluding hydrogens is 216 g/mol. The largest absolute Gasteiger partial charge is 0.502 e. The summed E-state index contributed by atoms with van der Waals surface area (Å²) in [4.78, 5) is 3.48. The second-order valence-electron chi connectivity index (χ2n) is 2.79. The Balaban J connectivity index is 2.99. The predicted octanol–water partition coefficient (Wildman–Crippen LogP) is 3.42. The highest BCUT2D eigenvalue weighted by molar-refractivity contribution is 6.64. The summed E-state index contributed by atoms with van der Waals surface area (Å²) in [6.07, 6.45) is -0.125. The number of rotatable bonds is 3. The highest BCUT2D eigenvalue weighted by Crippen LogP contribution is 2.23. The summed E-state index contributed by atoms with van der Waals surface area (Å²) in [6, 6.07) is 0.994. The van der Waals surface area contributed by atoms with Crippen LogP contribution in [0.5, 0.6) is 0 Å². The minimum atomic E-state index is -5.12. The molecule has 1 aromatic heterocycles. The Kier molecular flexibility index (Phi) is 3.44. The quantitative estimate of drug-likeness (QED) is 0.563. The molecule has 0 radical (unpaired) electrons. The van der Waals surface area contributed by atoms with Gasteiger partial charge in [0.1, 0.15) is 0 Å². The Morgan fingerprint density at radius 2 is 1.93 bits per heavy atom. The number of nitrogens with zero attached hydrogens (tertiary/aromatic N) is 1. The van der Waals surface area contributed by atoms with Crippen molar-refractivity contribution in [3.63, 3.8) is 0 Å². The monoisotopic (exact) mass is 222 g/mol. The summed E-state index contributed by atoms with van der Waals surface area (Å²) in [5.74, 6) is -0.0388. The lowest BCUT2D eigenvalue weighted by Gasteiger charge is -2.08. The first kappa shape index (κ1) is 11.7. The van der Waals surface area contributed by atoms with Crippen LogP contribution in [0.15, 0.2) is 24.4 Å². The highest BCUT2D eigenvalue weighted by Gasteiger charge is 2.18. The summed E-state index contributed by atoms with van der Waals surface area (Å²) < 4.78 is 60.1. The third-order valence-corrected chi connectivity index (χ3v) is 1.62. The van der Waals surface area contributed by atoms with Crippen LogP contribution in [0.4, 0.5) is 21.7 Å². The zero-order valence-corrected chi connectivity index (χ0v) is 7.38. The van der Waals surface area contributed by atoms with Gasteiger partial charge in [0.15, 0.2) is 0 Å². The molecule has 0 fully saturated rings. The highest BCUT2D eigenvalue weighted by atomic mass is 19.4. The molecule has 1 aromatic rings. The number of alkyl halides is 2.